The number of hydrogen-bond acceptors (Lipinski definition) is 3. The number of aromatic nitrogens is 3. The number of benzene rings is 1. The van der Waals surface area contributed by atoms with Gasteiger partial charge in [0.05, 0.1) is 23.3 Å². The van der Waals surface area contributed by atoms with Gasteiger partial charge >= 0.3 is 6.09 Å². The van der Waals surface area contributed by atoms with Gasteiger partial charge in [-0.05, 0) is 18.6 Å². The van der Waals surface area contributed by atoms with Crippen LogP contribution in [0.4, 0.5) is 10.5 Å². The first-order valence-corrected chi connectivity index (χ1v) is 7.10. The van der Waals surface area contributed by atoms with Crippen LogP contribution in [-0.2, 0) is 7.05 Å². The van der Waals surface area contributed by atoms with E-state index in [1.807, 2.05) is 50.5 Å². The topological polar surface area (TPSA) is 80.0 Å². The van der Waals surface area contributed by atoms with Crippen molar-refractivity contribution < 1.29 is 9.90 Å². The Bertz CT molecular complexity index is 856. The first-order chi connectivity index (χ1) is 11.0. The molecule has 0 unspecified atom stereocenters. The van der Waals surface area contributed by atoms with Crippen molar-refractivity contribution in [2.45, 2.75) is 6.92 Å². The highest BCUT2D eigenvalue weighted by molar-refractivity contribution is 5.90. The quantitative estimate of drug-likeness (QED) is 0.775. The molecule has 0 bridgehead atoms. The molecule has 1 aromatic carbocycles. The molecule has 2 heterocycles. The van der Waals surface area contributed by atoms with Gasteiger partial charge in [0.1, 0.15) is 0 Å². The maximum Gasteiger partial charge on any atom is 0.409 e. The average Bonchev–Trinajstić information content (AvgIpc) is 2.94. The number of rotatable bonds is 3. The van der Waals surface area contributed by atoms with Crippen LogP contribution in [0.3, 0.4) is 0 Å². The lowest BCUT2D eigenvalue weighted by Gasteiger charge is -2.13. The van der Waals surface area contributed by atoms with Crippen LogP contribution in [-0.4, -0.2) is 26.0 Å². The molecular weight excluding hydrogens is 292 g/mol. The summed E-state index contributed by atoms with van der Waals surface area (Å²) in [7, 11) is 1.84. The van der Waals surface area contributed by atoms with Gasteiger partial charge in [-0.2, -0.15) is 5.10 Å². The van der Waals surface area contributed by atoms with Gasteiger partial charge in [-0.25, -0.2) is 9.78 Å². The molecule has 6 nitrogen and oxygen atoms in total. The molecule has 0 saturated heterocycles. The highest BCUT2D eigenvalue weighted by atomic mass is 16.4. The minimum atomic E-state index is -1.11. The highest BCUT2D eigenvalue weighted by Gasteiger charge is 2.15. The molecule has 1 amide bonds. The molecule has 0 radical (unpaired) electrons. The van der Waals surface area contributed by atoms with Crippen molar-refractivity contribution in [1.82, 2.24) is 14.8 Å². The number of amides is 1. The van der Waals surface area contributed by atoms with Crippen LogP contribution in [0.1, 0.15) is 5.56 Å². The zero-order valence-electron chi connectivity index (χ0n) is 12.8. The lowest BCUT2D eigenvalue weighted by Crippen LogP contribution is -2.10. The Balaban J connectivity index is 2.19. The SMILES string of the molecule is Cc1cc(NC(=O)O)c(-c2ccccc2)nc1-c1cnn(C)c1. The van der Waals surface area contributed by atoms with Crippen molar-refractivity contribution in [1.29, 1.82) is 0 Å². The first-order valence-electron chi connectivity index (χ1n) is 7.10. The summed E-state index contributed by atoms with van der Waals surface area (Å²) >= 11 is 0. The largest absolute Gasteiger partial charge is 0.465 e. The Labute approximate surface area is 133 Å². The van der Waals surface area contributed by atoms with E-state index in [1.165, 1.54) is 0 Å². The summed E-state index contributed by atoms with van der Waals surface area (Å²) in [6.07, 6.45) is 2.51. The van der Waals surface area contributed by atoms with Crippen molar-refractivity contribution in [3.8, 4) is 22.5 Å². The number of anilines is 1. The molecule has 3 rings (SSSR count). The number of carbonyl (C=O) groups is 1. The second-order valence-electron chi connectivity index (χ2n) is 5.25. The molecule has 0 atom stereocenters. The van der Waals surface area contributed by atoms with Gasteiger partial charge in [0.25, 0.3) is 0 Å². The van der Waals surface area contributed by atoms with Crippen molar-refractivity contribution in [2.24, 2.45) is 7.05 Å². The van der Waals surface area contributed by atoms with E-state index in [4.69, 9.17) is 10.1 Å². The summed E-state index contributed by atoms with van der Waals surface area (Å²) in [5.74, 6) is 0. The average molecular weight is 308 g/mol. The Morgan fingerprint density at radius 2 is 1.91 bits per heavy atom. The van der Waals surface area contributed by atoms with E-state index in [2.05, 4.69) is 10.4 Å². The monoisotopic (exact) mass is 308 g/mol. The molecule has 0 fully saturated rings. The van der Waals surface area contributed by atoms with Gasteiger partial charge in [0.15, 0.2) is 0 Å². The Morgan fingerprint density at radius 1 is 1.17 bits per heavy atom. The van der Waals surface area contributed by atoms with Gasteiger partial charge in [-0.1, -0.05) is 30.3 Å². The van der Waals surface area contributed by atoms with Gasteiger partial charge in [-0.3, -0.25) is 10.00 Å². The lowest BCUT2D eigenvalue weighted by atomic mass is 10.0. The zero-order valence-corrected chi connectivity index (χ0v) is 12.8. The molecule has 0 spiro atoms. The summed E-state index contributed by atoms with van der Waals surface area (Å²) < 4.78 is 1.71. The van der Waals surface area contributed by atoms with Crippen LogP contribution in [0.2, 0.25) is 0 Å². The molecule has 0 aliphatic carbocycles. The molecule has 23 heavy (non-hydrogen) atoms. The highest BCUT2D eigenvalue weighted by Crippen LogP contribution is 2.32. The van der Waals surface area contributed by atoms with E-state index in [-0.39, 0.29) is 0 Å². The third kappa shape index (κ3) is 3.06. The van der Waals surface area contributed by atoms with Crippen LogP contribution >= 0.6 is 0 Å². The van der Waals surface area contributed by atoms with Crippen LogP contribution in [0.25, 0.3) is 22.5 Å². The van der Waals surface area contributed by atoms with Crippen molar-refractivity contribution in [3.05, 3.63) is 54.4 Å². The van der Waals surface area contributed by atoms with E-state index in [1.54, 1.807) is 16.9 Å². The van der Waals surface area contributed by atoms with E-state index in [0.717, 1.165) is 22.4 Å². The van der Waals surface area contributed by atoms with Crippen LogP contribution in [0.5, 0.6) is 0 Å². The molecule has 0 aliphatic rings. The van der Waals surface area contributed by atoms with Gasteiger partial charge in [0, 0.05) is 24.4 Å². The Kier molecular flexibility index (Phi) is 3.80. The fraction of sp³-hybridized carbons (Fsp3) is 0.118. The number of carboxylic acid groups (broad SMARTS) is 1. The maximum absolute atomic E-state index is 11.1. The molecule has 0 saturated carbocycles. The van der Waals surface area contributed by atoms with Crippen molar-refractivity contribution in [2.75, 3.05) is 5.32 Å². The van der Waals surface area contributed by atoms with E-state index < -0.39 is 6.09 Å². The molecule has 6 heteroatoms. The molecule has 2 N–H and O–H groups in total. The summed E-state index contributed by atoms with van der Waals surface area (Å²) in [4.78, 5) is 15.8. The fourth-order valence-corrected chi connectivity index (χ4v) is 2.48. The number of aryl methyl sites for hydroxylation is 2. The first kappa shape index (κ1) is 14.8. The summed E-state index contributed by atoms with van der Waals surface area (Å²) in [5, 5.41) is 15.7. The van der Waals surface area contributed by atoms with Gasteiger partial charge < -0.3 is 5.11 Å². The number of pyridine rings is 1. The number of nitrogens with zero attached hydrogens (tertiary/aromatic N) is 3. The normalized spacial score (nSPS) is 10.5. The zero-order chi connectivity index (χ0) is 16.4. The number of hydrogen-bond donors (Lipinski definition) is 2. The Morgan fingerprint density at radius 3 is 2.52 bits per heavy atom. The van der Waals surface area contributed by atoms with E-state index in [0.29, 0.717) is 11.4 Å². The standard InChI is InChI=1S/C17H16N4O2/c1-11-8-14(19-17(22)23)16(12-6-4-3-5-7-12)20-15(11)13-9-18-21(2)10-13/h3-10,19H,1-2H3,(H,22,23). The Hall–Kier alpha value is -3.15. The predicted molar refractivity (Wildman–Crippen MR) is 88.3 cm³/mol. The molecule has 2 aromatic heterocycles. The molecular formula is C17H16N4O2. The molecule has 116 valence electrons. The van der Waals surface area contributed by atoms with Crippen LogP contribution in [0, 0.1) is 6.92 Å². The number of nitrogens with one attached hydrogen (secondary N) is 1. The second kappa shape index (κ2) is 5.92. The minimum Gasteiger partial charge on any atom is -0.465 e. The lowest BCUT2D eigenvalue weighted by molar-refractivity contribution is 0.210. The van der Waals surface area contributed by atoms with Crippen molar-refractivity contribution >= 4 is 11.8 Å². The third-order valence-corrected chi connectivity index (χ3v) is 3.48. The predicted octanol–water partition coefficient (Wildman–Crippen LogP) is 3.55. The summed E-state index contributed by atoms with van der Waals surface area (Å²) in [6, 6.07) is 11.3. The second-order valence-corrected chi connectivity index (χ2v) is 5.25. The third-order valence-electron chi connectivity index (χ3n) is 3.48. The smallest absolute Gasteiger partial charge is 0.409 e. The van der Waals surface area contributed by atoms with Crippen LogP contribution in [0.15, 0.2) is 48.8 Å². The molecule has 0 aliphatic heterocycles. The molecule has 3 aromatic rings. The fourth-order valence-electron chi connectivity index (χ4n) is 2.48. The van der Waals surface area contributed by atoms with E-state index >= 15 is 0 Å². The van der Waals surface area contributed by atoms with Crippen LogP contribution < -0.4 is 5.32 Å². The van der Waals surface area contributed by atoms with Gasteiger partial charge in [-0.15, -0.1) is 0 Å². The summed E-state index contributed by atoms with van der Waals surface area (Å²) in [5.41, 5.74) is 4.46. The van der Waals surface area contributed by atoms with Crippen molar-refractivity contribution in [3.63, 3.8) is 0 Å². The maximum atomic E-state index is 11.1. The van der Waals surface area contributed by atoms with Gasteiger partial charge in [0.2, 0.25) is 0 Å². The summed E-state index contributed by atoms with van der Waals surface area (Å²) in [6.45, 7) is 1.90. The van der Waals surface area contributed by atoms with E-state index in [9.17, 15) is 4.79 Å². The minimum absolute atomic E-state index is 0.467.